The molecule has 0 aliphatic carbocycles. The van der Waals surface area contributed by atoms with Gasteiger partial charge in [-0.2, -0.15) is 0 Å². The molecule has 0 radical (unpaired) electrons. The summed E-state index contributed by atoms with van der Waals surface area (Å²) < 4.78 is 15.4. The molecule has 1 aromatic carbocycles. The minimum absolute atomic E-state index is 0.0315. The number of nitrogens with zero attached hydrogens (tertiary/aromatic N) is 5. The van der Waals surface area contributed by atoms with E-state index in [9.17, 15) is 14.0 Å². The van der Waals surface area contributed by atoms with E-state index in [1.54, 1.807) is 36.9 Å². The molecule has 0 unspecified atom stereocenters. The van der Waals surface area contributed by atoms with E-state index in [4.69, 9.17) is 0 Å². The zero-order chi connectivity index (χ0) is 21.3. The van der Waals surface area contributed by atoms with Gasteiger partial charge < -0.3 is 4.90 Å². The molecule has 1 aliphatic rings. The number of halogens is 1. The molecule has 0 N–H and O–H groups in total. The summed E-state index contributed by atoms with van der Waals surface area (Å²) in [6.45, 7) is 4.61. The number of piperidine rings is 1. The predicted octanol–water partition coefficient (Wildman–Crippen LogP) is 2.92. The van der Waals surface area contributed by atoms with E-state index in [1.807, 2.05) is 0 Å². The van der Waals surface area contributed by atoms with Gasteiger partial charge in [0, 0.05) is 35.8 Å². The van der Waals surface area contributed by atoms with Crippen LogP contribution in [0.1, 0.15) is 35.0 Å². The van der Waals surface area contributed by atoms with Gasteiger partial charge in [0.25, 0.3) is 5.56 Å². The third kappa shape index (κ3) is 4.02. The Hall–Kier alpha value is -2.94. The maximum absolute atomic E-state index is 14.0. The van der Waals surface area contributed by atoms with Crippen molar-refractivity contribution in [3.05, 3.63) is 63.0 Å². The van der Waals surface area contributed by atoms with Crippen molar-refractivity contribution in [1.82, 2.24) is 24.6 Å². The zero-order valence-corrected chi connectivity index (χ0v) is 17.7. The van der Waals surface area contributed by atoms with Crippen LogP contribution in [0.5, 0.6) is 0 Å². The lowest BCUT2D eigenvalue weighted by Gasteiger charge is -2.31. The molecular weight excluding hydrogens is 405 g/mol. The van der Waals surface area contributed by atoms with Gasteiger partial charge in [0.05, 0.1) is 6.33 Å². The molecule has 7 nitrogen and oxygen atoms in total. The van der Waals surface area contributed by atoms with E-state index in [-0.39, 0.29) is 29.7 Å². The second kappa shape index (κ2) is 8.43. The van der Waals surface area contributed by atoms with E-state index < -0.39 is 0 Å². The summed E-state index contributed by atoms with van der Waals surface area (Å²) in [4.78, 5) is 31.1. The van der Waals surface area contributed by atoms with E-state index in [1.165, 1.54) is 28.3 Å². The average molecular weight is 428 g/mol. The van der Waals surface area contributed by atoms with Crippen LogP contribution < -0.4 is 5.56 Å². The molecule has 1 saturated heterocycles. The quantitative estimate of drug-likeness (QED) is 0.640. The topological polar surface area (TPSA) is 81.0 Å². The highest BCUT2D eigenvalue weighted by molar-refractivity contribution is 7.14. The minimum Gasteiger partial charge on any atom is -0.340 e. The van der Waals surface area contributed by atoms with Gasteiger partial charge >= 0.3 is 0 Å². The Balaban J connectivity index is 1.47. The van der Waals surface area contributed by atoms with Crippen molar-refractivity contribution >= 4 is 17.2 Å². The largest absolute Gasteiger partial charge is 0.340 e. The number of amides is 1. The van der Waals surface area contributed by atoms with Gasteiger partial charge in [-0.15, -0.1) is 10.2 Å². The van der Waals surface area contributed by atoms with E-state index in [2.05, 4.69) is 15.2 Å². The standard InChI is InChI=1S/C21H22FN5O2S/c1-13-14(2)23-12-27(21(13)29)11-18(28)26-9-5-6-15(10-26)19-24-25-20(30-19)16-7-3-4-8-17(16)22/h3-4,7-8,12,15H,5-6,9-11H2,1-2H3/t15-/m0/s1. The van der Waals surface area contributed by atoms with Crippen molar-refractivity contribution in [3.63, 3.8) is 0 Å². The summed E-state index contributed by atoms with van der Waals surface area (Å²) in [7, 11) is 0. The Labute approximate surface area is 177 Å². The van der Waals surface area contributed by atoms with Crippen LogP contribution in [0.15, 0.2) is 35.4 Å². The fourth-order valence-electron chi connectivity index (χ4n) is 3.58. The van der Waals surface area contributed by atoms with E-state index >= 15 is 0 Å². The third-order valence-corrected chi connectivity index (χ3v) is 6.61. The van der Waals surface area contributed by atoms with Gasteiger partial charge in [-0.25, -0.2) is 9.37 Å². The molecule has 156 valence electrons. The average Bonchev–Trinajstić information content (AvgIpc) is 3.24. The molecule has 1 amide bonds. The number of carbonyl (C=O) groups is 1. The van der Waals surface area contributed by atoms with Crippen LogP contribution in [-0.4, -0.2) is 43.6 Å². The number of hydrogen-bond donors (Lipinski definition) is 0. The molecule has 0 saturated carbocycles. The van der Waals surface area contributed by atoms with Crippen LogP contribution >= 0.6 is 11.3 Å². The van der Waals surface area contributed by atoms with Crippen LogP contribution in [0, 0.1) is 19.7 Å². The molecule has 0 spiro atoms. The lowest BCUT2D eigenvalue weighted by molar-refractivity contribution is -0.133. The summed E-state index contributed by atoms with van der Waals surface area (Å²) in [5, 5.41) is 9.77. The molecule has 4 rings (SSSR count). The first kappa shape index (κ1) is 20.3. The SMILES string of the molecule is Cc1ncn(CC(=O)N2CCC[C@H](c3nnc(-c4ccccc4F)s3)C2)c(=O)c1C. The highest BCUT2D eigenvalue weighted by Gasteiger charge is 2.28. The first-order valence-electron chi connectivity index (χ1n) is 9.82. The van der Waals surface area contributed by atoms with Crippen LogP contribution in [0.3, 0.4) is 0 Å². The summed E-state index contributed by atoms with van der Waals surface area (Å²) >= 11 is 1.37. The smallest absolute Gasteiger partial charge is 0.256 e. The van der Waals surface area contributed by atoms with Gasteiger partial charge in [-0.1, -0.05) is 23.5 Å². The molecule has 30 heavy (non-hydrogen) atoms. The summed E-state index contributed by atoms with van der Waals surface area (Å²) in [5.41, 5.74) is 1.47. The Morgan fingerprint density at radius 1 is 1.27 bits per heavy atom. The second-order valence-electron chi connectivity index (χ2n) is 7.49. The van der Waals surface area contributed by atoms with Crippen molar-refractivity contribution in [1.29, 1.82) is 0 Å². The monoisotopic (exact) mass is 427 g/mol. The highest BCUT2D eigenvalue weighted by atomic mass is 32.1. The first-order chi connectivity index (χ1) is 14.4. The summed E-state index contributed by atoms with van der Waals surface area (Å²) in [6, 6.07) is 6.50. The molecule has 9 heteroatoms. The number of carbonyl (C=O) groups excluding carboxylic acids is 1. The van der Waals surface area contributed by atoms with Crippen molar-refractivity contribution in [3.8, 4) is 10.6 Å². The number of likely N-dealkylation sites (tertiary alicyclic amines) is 1. The molecule has 0 bridgehead atoms. The lowest BCUT2D eigenvalue weighted by Crippen LogP contribution is -2.42. The molecular formula is C21H22FN5O2S. The molecule has 1 fully saturated rings. The maximum atomic E-state index is 14.0. The van der Waals surface area contributed by atoms with Gasteiger partial charge in [-0.3, -0.25) is 14.2 Å². The number of hydrogen-bond acceptors (Lipinski definition) is 6. The lowest BCUT2D eigenvalue weighted by atomic mass is 9.99. The zero-order valence-electron chi connectivity index (χ0n) is 16.8. The van der Waals surface area contributed by atoms with Gasteiger partial charge in [0.2, 0.25) is 5.91 Å². The second-order valence-corrected chi connectivity index (χ2v) is 8.50. The van der Waals surface area contributed by atoms with Crippen LogP contribution in [0.4, 0.5) is 4.39 Å². The van der Waals surface area contributed by atoms with Crippen LogP contribution in [0.25, 0.3) is 10.6 Å². The number of rotatable bonds is 4. The number of aryl methyl sites for hydroxylation is 1. The molecule has 1 atom stereocenters. The molecule has 3 heterocycles. The Kier molecular flexibility index (Phi) is 5.72. The Morgan fingerprint density at radius 3 is 2.87 bits per heavy atom. The first-order valence-corrected chi connectivity index (χ1v) is 10.6. The van der Waals surface area contributed by atoms with Gasteiger partial charge in [0.1, 0.15) is 17.4 Å². The fourth-order valence-corrected chi connectivity index (χ4v) is 4.58. The maximum Gasteiger partial charge on any atom is 0.256 e. The predicted molar refractivity (Wildman–Crippen MR) is 112 cm³/mol. The van der Waals surface area contributed by atoms with Crippen LogP contribution in [-0.2, 0) is 11.3 Å². The van der Waals surface area contributed by atoms with Crippen molar-refractivity contribution in [2.24, 2.45) is 0 Å². The summed E-state index contributed by atoms with van der Waals surface area (Å²) in [5.74, 6) is -0.394. The molecule has 3 aromatic rings. The minimum atomic E-state index is -0.326. The van der Waals surface area contributed by atoms with Crippen molar-refractivity contribution < 1.29 is 9.18 Å². The number of benzene rings is 1. The summed E-state index contributed by atoms with van der Waals surface area (Å²) in [6.07, 6.45) is 3.15. The van der Waals surface area contributed by atoms with Crippen LogP contribution in [0.2, 0.25) is 0 Å². The van der Waals surface area contributed by atoms with Gasteiger partial charge in [0.15, 0.2) is 5.01 Å². The van der Waals surface area contributed by atoms with E-state index in [0.717, 1.165) is 17.8 Å². The Bertz CT molecular complexity index is 1140. The van der Waals surface area contributed by atoms with E-state index in [0.29, 0.717) is 34.9 Å². The fraction of sp³-hybridized carbons (Fsp3) is 0.381. The third-order valence-electron chi connectivity index (χ3n) is 5.49. The molecule has 2 aromatic heterocycles. The number of aromatic nitrogens is 4. The normalized spacial score (nSPS) is 16.6. The van der Waals surface area contributed by atoms with Crippen molar-refractivity contribution in [2.75, 3.05) is 13.1 Å². The Morgan fingerprint density at radius 2 is 2.07 bits per heavy atom. The highest BCUT2D eigenvalue weighted by Crippen LogP contribution is 2.33. The van der Waals surface area contributed by atoms with Crippen molar-refractivity contribution in [2.45, 2.75) is 39.2 Å². The van der Waals surface area contributed by atoms with Gasteiger partial charge in [-0.05, 0) is 38.8 Å². The molecule has 1 aliphatic heterocycles.